The van der Waals surface area contributed by atoms with Gasteiger partial charge in [0.15, 0.2) is 0 Å². The van der Waals surface area contributed by atoms with Gasteiger partial charge in [0.05, 0.1) is 17.2 Å². The summed E-state index contributed by atoms with van der Waals surface area (Å²) in [6, 6.07) is 3.01. The summed E-state index contributed by atoms with van der Waals surface area (Å²) in [5.74, 6) is 0. The van der Waals surface area contributed by atoms with Crippen molar-refractivity contribution in [2.75, 3.05) is 13.1 Å². The van der Waals surface area contributed by atoms with E-state index in [1.54, 1.807) is 13.0 Å². The SMILES string of the molecule is Cc1c(Cl)ccc(S(=O)(=O)N2C[C@@H](C)O[C@H](C)C2)c1Cl. The molecular formula is C13H17Cl2NO3S. The number of halogens is 2. The predicted molar refractivity (Wildman–Crippen MR) is 80.0 cm³/mol. The molecule has 20 heavy (non-hydrogen) atoms. The van der Waals surface area contributed by atoms with Crippen LogP contribution in [0.15, 0.2) is 17.0 Å². The van der Waals surface area contributed by atoms with Gasteiger partial charge in [-0.1, -0.05) is 23.2 Å². The minimum atomic E-state index is -3.64. The molecule has 0 unspecified atom stereocenters. The van der Waals surface area contributed by atoms with Crippen LogP contribution in [0, 0.1) is 6.92 Å². The number of ether oxygens (including phenoxy) is 1. The number of hydrogen-bond acceptors (Lipinski definition) is 3. The zero-order valence-electron chi connectivity index (χ0n) is 11.6. The lowest BCUT2D eigenvalue weighted by molar-refractivity contribution is -0.0440. The molecule has 0 N–H and O–H groups in total. The van der Waals surface area contributed by atoms with E-state index in [1.165, 1.54) is 10.4 Å². The average molecular weight is 338 g/mol. The van der Waals surface area contributed by atoms with Gasteiger partial charge in [-0.05, 0) is 38.5 Å². The zero-order chi connectivity index (χ0) is 15.1. The Labute approximate surface area is 129 Å². The highest BCUT2D eigenvalue weighted by atomic mass is 35.5. The summed E-state index contributed by atoms with van der Waals surface area (Å²) < 4.78 is 32.4. The number of morpholine rings is 1. The van der Waals surface area contributed by atoms with Crippen LogP contribution in [0.4, 0.5) is 0 Å². The van der Waals surface area contributed by atoms with Gasteiger partial charge in [0.2, 0.25) is 10.0 Å². The van der Waals surface area contributed by atoms with Crippen molar-refractivity contribution in [3.63, 3.8) is 0 Å². The molecule has 0 aliphatic carbocycles. The predicted octanol–water partition coefficient (Wildman–Crippen LogP) is 3.10. The first-order chi connectivity index (χ1) is 9.23. The van der Waals surface area contributed by atoms with Crippen molar-refractivity contribution < 1.29 is 13.2 Å². The van der Waals surface area contributed by atoms with Gasteiger partial charge in [-0.25, -0.2) is 8.42 Å². The molecule has 0 bridgehead atoms. The van der Waals surface area contributed by atoms with Gasteiger partial charge >= 0.3 is 0 Å². The Bertz CT molecular complexity index is 608. The van der Waals surface area contributed by atoms with Gasteiger partial charge in [0, 0.05) is 18.1 Å². The zero-order valence-corrected chi connectivity index (χ0v) is 13.9. The second-order valence-electron chi connectivity index (χ2n) is 5.06. The van der Waals surface area contributed by atoms with E-state index in [1.807, 2.05) is 13.8 Å². The summed E-state index contributed by atoms with van der Waals surface area (Å²) >= 11 is 12.1. The lowest BCUT2D eigenvalue weighted by atomic mass is 10.2. The van der Waals surface area contributed by atoms with Crippen molar-refractivity contribution in [1.82, 2.24) is 4.31 Å². The van der Waals surface area contributed by atoms with Gasteiger partial charge < -0.3 is 4.74 Å². The molecule has 0 radical (unpaired) electrons. The van der Waals surface area contributed by atoms with Crippen molar-refractivity contribution in [2.45, 2.75) is 37.9 Å². The molecule has 0 spiro atoms. The van der Waals surface area contributed by atoms with Crippen LogP contribution >= 0.6 is 23.2 Å². The van der Waals surface area contributed by atoms with E-state index < -0.39 is 10.0 Å². The third-order valence-electron chi connectivity index (χ3n) is 3.29. The number of rotatable bonds is 2. The second kappa shape index (κ2) is 5.81. The Hall–Kier alpha value is -0.330. The first-order valence-electron chi connectivity index (χ1n) is 6.33. The van der Waals surface area contributed by atoms with E-state index in [-0.39, 0.29) is 22.1 Å². The second-order valence-corrected chi connectivity index (χ2v) is 7.76. The van der Waals surface area contributed by atoms with E-state index in [0.717, 1.165) is 0 Å². The topological polar surface area (TPSA) is 46.6 Å². The maximum atomic E-state index is 12.7. The molecule has 112 valence electrons. The minimum Gasteiger partial charge on any atom is -0.373 e. The summed E-state index contributed by atoms with van der Waals surface area (Å²) in [7, 11) is -3.64. The van der Waals surface area contributed by atoms with Crippen molar-refractivity contribution >= 4 is 33.2 Å². The molecular weight excluding hydrogens is 321 g/mol. The highest BCUT2D eigenvalue weighted by Gasteiger charge is 2.33. The van der Waals surface area contributed by atoms with Gasteiger partial charge in [-0.15, -0.1) is 0 Å². The lowest BCUT2D eigenvalue weighted by Gasteiger charge is -2.34. The third kappa shape index (κ3) is 2.97. The Morgan fingerprint density at radius 3 is 2.30 bits per heavy atom. The molecule has 0 saturated carbocycles. The molecule has 4 nitrogen and oxygen atoms in total. The van der Waals surface area contributed by atoms with Crippen molar-refractivity contribution in [3.05, 3.63) is 27.7 Å². The minimum absolute atomic E-state index is 0.0994. The summed E-state index contributed by atoms with van der Waals surface area (Å²) in [6.45, 7) is 6.06. The molecule has 0 aromatic heterocycles. The van der Waals surface area contributed by atoms with Crippen LogP contribution in [0.1, 0.15) is 19.4 Å². The third-order valence-corrected chi connectivity index (χ3v) is 6.17. The van der Waals surface area contributed by atoms with E-state index in [0.29, 0.717) is 23.7 Å². The molecule has 1 saturated heterocycles. The van der Waals surface area contributed by atoms with Crippen molar-refractivity contribution in [3.8, 4) is 0 Å². The highest BCUT2D eigenvalue weighted by Crippen LogP contribution is 2.32. The number of sulfonamides is 1. The van der Waals surface area contributed by atoms with Gasteiger partial charge in [0.25, 0.3) is 0 Å². The van der Waals surface area contributed by atoms with Gasteiger partial charge in [0.1, 0.15) is 4.90 Å². The number of hydrogen-bond donors (Lipinski definition) is 0. The Kier molecular flexibility index (Phi) is 4.66. The molecule has 1 aromatic rings. The molecule has 2 atom stereocenters. The fraction of sp³-hybridized carbons (Fsp3) is 0.538. The van der Waals surface area contributed by atoms with Gasteiger partial charge in [-0.3, -0.25) is 0 Å². The Balaban J connectivity index is 2.43. The quantitative estimate of drug-likeness (QED) is 0.832. The smallest absolute Gasteiger partial charge is 0.244 e. The summed E-state index contributed by atoms with van der Waals surface area (Å²) in [5, 5.41) is 0.641. The monoisotopic (exact) mass is 337 g/mol. The highest BCUT2D eigenvalue weighted by molar-refractivity contribution is 7.89. The summed E-state index contributed by atoms with van der Waals surface area (Å²) in [5.41, 5.74) is 0.573. The maximum Gasteiger partial charge on any atom is 0.244 e. The van der Waals surface area contributed by atoms with E-state index in [4.69, 9.17) is 27.9 Å². The molecule has 2 rings (SSSR count). The number of benzene rings is 1. The van der Waals surface area contributed by atoms with Gasteiger partial charge in [-0.2, -0.15) is 4.31 Å². The normalized spacial score (nSPS) is 24.9. The van der Waals surface area contributed by atoms with Crippen LogP contribution < -0.4 is 0 Å². The fourth-order valence-electron chi connectivity index (χ4n) is 2.30. The van der Waals surface area contributed by atoms with E-state index in [2.05, 4.69) is 0 Å². The first kappa shape index (κ1) is 16.0. The molecule has 1 aliphatic rings. The molecule has 0 amide bonds. The van der Waals surface area contributed by atoms with Crippen LogP contribution in [0.2, 0.25) is 10.0 Å². The summed E-state index contributed by atoms with van der Waals surface area (Å²) in [6.07, 6.45) is -0.276. The standard InChI is InChI=1S/C13H17Cl2NO3S/c1-8-6-16(7-9(2)19-8)20(17,18)12-5-4-11(14)10(3)13(12)15/h4-5,8-9H,6-7H2,1-3H3/t8-,9-/m1/s1. The van der Waals surface area contributed by atoms with Crippen LogP contribution in [0.5, 0.6) is 0 Å². The van der Waals surface area contributed by atoms with Crippen LogP contribution in [-0.2, 0) is 14.8 Å². The summed E-state index contributed by atoms with van der Waals surface area (Å²) in [4.78, 5) is 0.0994. The lowest BCUT2D eigenvalue weighted by Crippen LogP contribution is -2.48. The maximum absolute atomic E-state index is 12.7. The average Bonchev–Trinajstić information content (AvgIpc) is 2.34. The van der Waals surface area contributed by atoms with Crippen molar-refractivity contribution in [2.24, 2.45) is 0 Å². The largest absolute Gasteiger partial charge is 0.373 e. The van der Waals surface area contributed by atoms with Crippen LogP contribution in [0.3, 0.4) is 0 Å². The Morgan fingerprint density at radius 2 is 1.75 bits per heavy atom. The molecule has 1 fully saturated rings. The molecule has 7 heteroatoms. The van der Waals surface area contributed by atoms with E-state index in [9.17, 15) is 8.42 Å². The number of nitrogens with zero attached hydrogens (tertiary/aromatic N) is 1. The van der Waals surface area contributed by atoms with Crippen LogP contribution in [0.25, 0.3) is 0 Å². The van der Waals surface area contributed by atoms with Crippen molar-refractivity contribution in [1.29, 1.82) is 0 Å². The molecule has 1 aromatic carbocycles. The van der Waals surface area contributed by atoms with Crippen LogP contribution in [-0.4, -0.2) is 38.0 Å². The molecule has 1 heterocycles. The fourth-order valence-corrected chi connectivity index (χ4v) is 4.68. The van der Waals surface area contributed by atoms with E-state index >= 15 is 0 Å². The molecule has 1 aliphatic heterocycles. The first-order valence-corrected chi connectivity index (χ1v) is 8.53. The Morgan fingerprint density at radius 1 is 1.20 bits per heavy atom.